The van der Waals surface area contributed by atoms with Gasteiger partial charge in [-0.1, -0.05) is 12.8 Å². The summed E-state index contributed by atoms with van der Waals surface area (Å²) in [6.07, 6.45) is 3.07. The number of sulfone groups is 1. The number of carbonyl (C=O) groups is 1. The Balaban J connectivity index is 2.49. The van der Waals surface area contributed by atoms with Crippen LogP contribution in [-0.4, -0.2) is 42.6 Å². The van der Waals surface area contributed by atoms with Crippen molar-refractivity contribution in [3.05, 3.63) is 0 Å². The summed E-state index contributed by atoms with van der Waals surface area (Å²) < 4.78 is 23.5. The maximum atomic E-state index is 11.7. The highest BCUT2D eigenvalue weighted by Gasteiger charge is 2.28. The molecule has 0 aromatic carbocycles. The lowest BCUT2D eigenvalue weighted by atomic mass is 10.2. The van der Waals surface area contributed by atoms with Gasteiger partial charge < -0.3 is 10.4 Å². The Bertz CT molecular complexity index is 358. The zero-order valence-electron chi connectivity index (χ0n) is 10.3. The molecule has 6 heteroatoms. The van der Waals surface area contributed by atoms with Gasteiger partial charge in [0.05, 0.1) is 11.4 Å². The van der Waals surface area contributed by atoms with Crippen molar-refractivity contribution in [2.45, 2.75) is 56.9 Å². The molecule has 0 aliphatic heterocycles. The van der Waals surface area contributed by atoms with Gasteiger partial charge in [-0.15, -0.1) is 0 Å². The first-order valence-electron chi connectivity index (χ1n) is 6.02. The molecule has 1 fully saturated rings. The largest absolute Gasteiger partial charge is 0.392 e. The molecule has 0 aromatic heterocycles. The third kappa shape index (κ3) is 4.27. The average molecular weight is 263 g/mol. The lowest BCUT2D eigenvalue weighted by Gasteiger charge is -2.16. The lowest BCUT2D eigenvalue weighted by Crippen LogP contribution is -2.41. The Kier molecular flexibility index (Phi) is 4.94. The second-order valence-electron chi connectivity index (χ2n) is 4.80. The Hall–Kier alpha value is -0.620. The van der Waals surface area contributed by atoms with E-state index < -0.39 is 32.9 Å². The standard InChI is InChI=1S/C11H21NO4S/c1-8(13)9(2)17(15,16)7-11(14)12-10-5-3-4-6-10/h8-10,13H,3-7H2,1-2H3,(H,12,14). The average Bonchev–Trinajstić information content (AvgIpc) is 2.67. The quantitative estimate of drug-likeness (QED) is 0.743. The molecule has 100 valence electrons. The zero-order chi connectivity index (χ0) is 13.1. The Labute approximate surface area is 103 Å². The van der Waals surface area contributed by atoms with E-state index in [2.05, 4.69) is 5.32 Å². The molecule has 2 unspecified atom stereocenters. The van der Waals surface area contributed by atoms with Crippen molar-refractivity contribution in [3.8, 4) is 0 Å². The van der Waals surface area contributed by atoms with Crippen LogP contribution in [0.15, 0.2) is 0 Å². The molecule has 0 aromatic rings. The van der Waals surface area contributed by atoms with Crippen molar-refractivity contribution in [2.24, 2.45) is 0 Å². The van der Waals surface area contributed by atoms with Gasteiger partial charge in [-0.2, -0.15) is 0 Å². The minimum atomic E-state index is -3.56. The van der Waals surface area contributed by atoms with Gasteiger partial charge in [-0.05, 0) is 26.7 Å². The number of aliphatic hydroxyl groups excluding tert-OH is 1. The van der Waals surface area contributed by atoms with Crippen LogP contribution < -0.4 is 5.32 Å². The van der Waals surface area contributed by atoms with E-state index in [-0.39, 0.29) is 6.04 Å². The van der Waals surface area contributed by atoms with E-state index in [9.17, 15) is 18.3 Å². The Morgan fingerprint density at radius 3 is 2.35 bits per heavy atom. The van der Waals surface area contributed by atoms with Gasteiger partial charge in [0, 0.05) is 6.04 Å². The predicted octanol–water partition coefficient (Wildman–Crippen LogP) is 0.229. The molecule has 1 aliphatic rings. The molecule has 2 atom stereocenters. The fraction of sp³-hybridized carbons (Fsp3) is 0.909. The summed E-state index contributed by atoms with van der Waals surface area (Å²) in [5.41, 5.74) is 0. The van der Waals surface area contributed by atoms with Crippen LogP contribution in [0.1, 0.15) is 39.5 Å². The third-order valence-corrected chi connectivity index (χ3v) is 5.49. The van der Waals surface area contributed by atoms with Crippen molar-refractivity contribution in [2.75, 3.05) is 5.75 Å². The zero-order valence-corrected chi connectivity index (χ0v) is 11.2. The summed E-state index contributed by atoms with van der Waals surface area (Å²) in [6, 6.07) is 0.125. The van der Waals surface area contributed by atoms with Crippen molar-refractivity contribution in [3.63, 3.8) is 0 Å². The van der Waals surface area contributed by atoms with Crippen molar-refractivity contribution in [1.82, 2.24) is 5.32 Å². The summed E-state index contributed by atoms with van der Waals surface area (Å²) >= 11 is 0. The van der Waals surface area contributed by atoms with Crippen LogP contribution in [0, 0.1) is 0 Å². The van der Waals surface area contributed by atoms with E-state index in [0.717, 1.165) is 25.7 Å². The number of amides is 1. The van der Waals surface area contributed by atoms with E-state index in [4.69, 9.17) is 0 Å². The van der Waals surface area contributed by atoms with Crippen LogP contribution in [0.3, 0.4) is 0 Å². The Morgan fingerprint density at radius 2 is 1.88 bits per heavy atom. The number of aliphatic hydroxyl groups is 1. The van der Waals surface area contributed by atoms with E-state index in [1.807, 2.05) is 0 Å². The summed E-state index contributed by atoms with van der Waals surface area (Å²) in [5.74, 6) is -0.986. The molecular weight excluding hydrogens is 242 g/mol. The number of hydrogen-bond donors (Lipinski definition) is 2. The summed E-state index contributed by atoms with van der Waals surface area (Å²) in [5, 5.41) is 11.1. The first-order valence-corrected chi connectivity index (χ1v) is 7.73. The number of carbonyl (C=O) groups excluding carboxylic acids is 1. The van der Waals surface area contributed by atoms with Gasteiger partial charge in [0.1, 0.15) is 5.75 Å². The highest BCUT2D eigenvalue weighted by atomic mass is 32.2. The Morgan fingerprint density at radius 1 is 1.35 bits per heavy atom. The molecule has 0 heterocycles. The van der Waals surface area contributed by atoms with E-state index in [1.54, 1.807) is 0 Å². The SMILES string of the molecule is CC(O)C(C)S(=O)(=O)CC(=O)NC1CCCC1. The van der Waals surface area contributed by atoms with Gasteiger partial charge in [0.2, 0.25) is 5.91 Å². The molecule has 1 saturated carbocycles. The second-order valence-corrected chi connectivity index (χ2v) is 7.16. The topological polar surface area (TPSA) is 83.5 Å². The molecule has 0 bridgehead atoms. The van der Waals surface area contributed by atoms with Gasteiger partial charge in [0.25, 0.3) is 0 Å². The minimum absolute atomic E-state index is 0.125. The number of nitrogens with one attached hydrogen (secondary N) is 1. The van der Waals surface area contributed by atoms with Crippen molar-refractivity contribution >= 4 is 15.7 Å². The highest BCUT2D eigenvalue weighted by molar-refractivity contribution is 7.92. The van der Waals surface area contributed by atoms with Gasteiger partial charge in [-0.3, -0.25) is 4.79 Å². The van der Waals surface area contributed by atoms with E-state index >= 15 is 0 Å². The van der Waals surface area contributed by atoms with Gasteiger partial charge >= 0.3 is 0 Å². The molecule has 0 radical (unpaired) electrons. The molecule has 17 heavy (non-hydrogen) atoms. The van der Waals surface area contributed by atoms with Crippen molar-refractivity contribution < 1.29 is 18.3 Å². The minimum Gasteiger partial charge on any atom is -0.392 e. The van der Waals surface area contributed by atoms with Crippen LogP contribution >= 0.6 is 0 Å². The van der Waals surface area contributed by atoms with Crippen LogP contribution in [-0.2, 0) is 14.6 Å². The number of rotatable bonds is 5. The molecule has 2 N–H and O–H groups in total. The molecule has 0 saturated heterocycles. The fourth-order valence-corrected chi connectivity index (χ4v) is 3.27. The van der Waals surface area contributed by atoms with Crippen LogP contribution in [0.25, 0.3) is 0 Å². The van der Waals surface area contributed by atoms with E-state index in [0.29, 0.717) is 0 Å². The van der Waals surface area contributed by atoms with Gasteiger partial charge in [-0.25, -0.2) is 8.42 Å². The predicted molar refractivity (Wildman–Crippen MR) is 65.3 cm³/mol. The van der Waals surface area contributed by atoms with Crippen molar-refractivity contribution in [1.29, 1.82) is 0 Å². The van der Waals surface area contributed by atoms with Gasteiger partial charge in [0.15, 0.2) is 9.84 Å². The lowest BCUT2D eigenvalue weighted by molar-refractivity contribution is -0.119. The number of hydrogen-bond acceptors (Lipinski definition) is 4. The molecular formula is C11H21NO4S. The van der Waals surface area contributed by atoms with E-state index in [1.165, 1.54) is 13.8 Å². The van der Waals surface area contributed by atoms with Crippen LogP contribution in [0.4, 0.5) is 0 Å². The normalized spacial score (nSPS) is 21.1. The summed E-state index contributed by atoms with van der Waals surface area (Å²) in [4.78, 5) is 11.6. The van der Waals surface area contributed by atoms with Crippen LogP contribution in [0.5, 0.6) is 0 Å². The summed E-state index contributed by atoms with van der Waals surface area (Å²) in [6.45, 7) is 2.83. The smallest absolute Gasteiger partial charge is 0.235 e. The molecule has 1 rings (SSSR count). The third-order valence-electron chi connectivity index (χ3n) is 3.30. The molecule has 5 nitrogen and oxygen atoms in total. The first kappa shape index (κ1) is 14.4. The van der Waals surface area contributed by atoms with Crippen LogP contribution in [0.2, 0.25) is 0 Å². The first-order chi connectivity index (χ1) is 7.83. The monoisotopic (exact) mass is 263 g/mol. The second kappa shape index (κ2) is 5.82. The molecule has 1 aliphatic carbocycles. The molecule has 1 amide bonds. The summed E-state index contributed by atoms with van der Waals surface area (Å²) in [7, 11) is -3.56. The molecule has 0 spiro atoms. The maximum absolute atomic E-state index is 11.7. The fourth-order valence-electron chi connectivity index (χ4n) is 1.95. The highest BCUT2D eigenvalue weighted by Crippen LogP contribution is 2.17. The maximum Gasteiger partial charge on any atom is 0.235 e.